The Morgan fingerprint density at radius 2 is 0.541 bits per heavy atom. The summed E-state index contributed by atoms with van der Waals surface area (Å²) in [4.78, 5) is 48.7. The SMILES string of the molecule is CCCCCCCCCCCCCCCCCC(=O)NCCCCCCNC(=O)CC(O)C(=O)NCCCCCCNC(=O)CCCCCCCCCCCCCCCCC. The van der Waals surface area contributed by atoms with E-state index in [0.717, 1.165) is 77.0 Å². The van der Waals surface area contributed by atoms with Crippen LogP contribution >= 0.6 is 0 Å². The first-order valence-corrected chi connectivity index (χ1v) is 26.7. The van der Waals surface area contributed by atoms with Crippen molar-refractivity contribution in [3.63, 3.8) is 0 Å². The van der Waals surface area contributed by atoms with E-state index in [2.05, 4.69) is 35.1 Å². The minimum Gasteiger partial charge on any atom is -0.383 e. The molecule has 0 heterocycles. The second kappa shape index (κ2) is 48.9. The lowest BCUT2D eigenvalue weighted by Crippen LogP contribution is -2.39. The predicted molar refractivity (Wildman–Crippen MR) is 259 cm³/mol. The molecule has 0 spiro atoms. The molecule has 0 aliphatic heterocycles. The molecule has 0 radical (unpaired) electrons. The number of nitrogens with one attached hydrogen (secondary N) is 4. The number of hydrogen-bond donors (Lipinski definition) is 5. The Morgan fingerprint density at radius 1 is 0.311 bits per heavy atom. The van der Waals surface area contributed by atoms with Gasteiger partial charge >= 0.3 is 0 Å². The Morgan fingerprint density at radius 3 is 0.836 bits per heavy atom. The van der Waals surface area contributed by atoms with Crippen LogP contribution < -0.4 is 21.3 Å². The highest BCUT2D eigenvalue weighted by Gasteiger charge is 2.18. The summed E-state index contributed by atoms with van der Waals surface area (Å²) in [6, 6.07) is 0. The molecule has 0 bridgehead atoms. The van der Waals surface area contributed by atoms with Crippen molar-refractivity contribution in [3.8, 4) is 0 Å². The van der Waals surface area contributed by atoms with E-state index in [1.54, 1.807) is 0 Å². The van der Waals surface area contributed by atoms with Gasteiger partial charge in [0.25, 0.3) is 0 Å². The van der Waals surface area contributed by atoms with Gasteiger partial charge in [-0.3, -0.25) is 19.2 Å². The smallest absolute Gasteiger partial charge is 0.249 e. The van der Waals surface area contributed by atoms with Crippen LogP contribution in [0.5, 0.6) is 0 Å². The summed E-state index contributed by atoms with van der Waals surface area (Å²) in [5.74, 6) is -0.530. The molecular formula is C52H102N4O5. The lowest BCUT2D eigenvalue weighted by molar-refractivity contribution is -0.134. The second-order valence-electron chi connectivity index (χ2n) is 18.3. The normalized spacial score (nSPS) is 11.7. The number of amides is 4. The quantitative estimate of drug-likeness (QED) is 0.0388. The van der Waals surface area contributed by atoms with Crippen molar-refractivity contribution in [2.75, 3.05) is 26.2 Å². The molecule has 9 heteroatoms. The lowest BCUT2D eigenvalue weighted by atomic mass is 10.0. The standard InChI is InChI=1S/C52H102N4O5/c1-3-5-7-9-11-13-15-17-19-21-23-25-27-29-35-41-49(58)53-43-37-31-32-39-45-55-51(60)47-48(57)52(61)56-46-40-34-33-38-44-54-50(59)42-36-30-28-26-24-22-20-18-16-14-12-10-8-6-4-2/h48,57H,3-47H2,1-2H3,(H,53,58)(H,54,59)(H,55,60)(H,56,61). The Balaban J connectivity index is 3.46. The van der Waals surface area contributed by atoms with E-state index in [-0.39, 0.29) is 24.1 Å². The topological polar surface area (TPSA) is 137 Å². The van der Waals surface area contributed by atoms with Gasteiger partial charge in [0.2, 0.25) is 23.6 Å². The minimum atomic E-state index is -1.35. The van der Waals surface area contributed by atoms with Crippen molar-refractivity contribution < 1.29 is 24.3 Å². The van der Waals surface area contributed by atoms with Gasteiger partial charge in [0.15, 0.2) is 0 Å². The largest absolute Gasteiger partial charge is 0.383 e. The van der Waals surface area contributed by atoms with Crippen LogP contribution in [-0.4, -0.2) is 61.0 Å². The summed E-state index contributed by atoms with van der Waals surface area (Å²) in [5, 5.41) is 21.8. The third-order valence-electron chi connectivity index (χ3n) is 12.2. The highest BCUT2D eigenvalue weighted by Crippen LogP contribution is 2.15. The van der Waals surface area contributed by atoms with Gasteiger partial charge in [0, 0.05) is 39.0 Å². The zero-order valence-corrected chi connectivity index (χ0v) is 40.5. The van der Waals surface area contributed by atoms with E-state index in [0.29, 0.717) is 39.0 Å². The van der Waals surface area contributed by atoms with Gasteiger partial charge in [0.1, 0.15) is 6.10 Å². The van der Waals surface area contributed by atoms with E-state index in [9.17, 15) is 24.3 Å². The number of aliphatic hydroxyl groups excluding tert-OH is 1. The van der Waals surface area contributed by atoms with Crippen molar-refractivity contribution in [2.45, 2.75) is 283 Å². The van der Waals surface area contributed by atoms with Crippen molar-refractivity contribution in [3.05, 3.63) is 0 Å². The molecule has 0 aliphatic rings. The fraction of sp³-hybridized carbons (Fsp3) is 0.923. The van der Waals surface area contributed by atoms with Crippen LogP contribution in [0.1, 0.15) is 277 Å². The number of unbranched alkanes of at least 4 members (excludes halogenated alkanes) is 34. The maximum Gasteiger partial charge on any atom is 0.249 e. The third-order valence-corrected chi connectivity index (χ3v) is 12.2. The average Bonchev–Trinajstić information content (AvgIpc) is 3.25. The van der Waals surface area contributed by atoms with Crippen LogP contribution in [0.2, 0.25) is 0 Å². The van der Waals surface area contributed by atoms with E-state index < -0.39 is 12.0 Å². The Kier molecular flexibility index (Phi) is 47.1. The molecule has 61 heavy (non-hydrogen) atoms. The first-order valence-electron chi connectivity index (χ1n) is 26.7. The zero-order valence-electron chi connectivity index (χ0n) is 40.5. The second-order valence-corrected chi connectivity index (χ2v) is 18.3. The van der Waals surface area contributed by atoms with Crippen molar-refractivity contribution in [1.82, 2.24) is 21.3 Å². The fourth-order valence-corrected chi connectivity index (χ4v) is 8.05. The maximum atomic E-state index is 12.2. The molecule has 9 nitrogen and oxygen atoms in total. The highest BCUT2D eigenvalue weighted by atomic mass is 16.3. The molecule has 0 saturated carbocycles. The van der Waals surface area contributed by atoms with Crippen LogP contribution in [0.3, 0.4) is 0 Å². The monoisotopic (exact) mass is 863 g/mol. The maximum absolute atomic E-state index is 12.2. The number of carbonyl (C=O) groups excluding carboxylic acids is 4. The molecule has 0 saturated heterocycles. The van der Waals surface area contributed by atoms with Gasteiger partial charge < -0.3 is 26.4 Å². The summed E-state index contributed by atoms with van der Waals surface area (Å²) in [6.45, 7) is 6.91. The molecule has 1 atom stereocenters. The summed E-state index contributed by atoms with van der Waals surface area (Å²) >= 11 is 0. The first-order chi connectivity index (χ1) is 29.9. The van der Waals surface area contributed by atoms with Crippen LogP contribution in [-0.2, 0) is 19.2 Å². The number of carbonyl (C=O) groups is 4. The summed E-state index contributed by atoms with van der Waals surface area (Å²) in [5.41, 5.74) is 0. The molecule has 0 rings (SSSR count). The number of hydrogen-bond acceptors (Lipinski definition) is 5. The fourth-order valence-electron chi connectivity index (χ4n) is 8.05. The first kappa shape index (κ1) is 58.8. The van der Waals surface area contributed by atoms with Gasteiger partial charge in [-0.1, -0.05) is 219 Å². The lowest BCUT2D eigenvalue weighted by Gasteiger charge is -2.12. The third kappa shape index (κ3) is 47.2. The van der Waals surface area contributed by atoms with Crippen molar-refractivity contribution in [2.24, 2.45) is 0 Å². The highest BCUT2D eigenvalue weighted by molar-refractivity contribution is 5.87. The van der Waals surface area contributed by atoms with Crippen molar-refractivity contribution >= 4 is 23.6 Å². The molecule has 4 amide bonds. The molecule has 0 fully saturated rings. The van der Waals surface area contributed by atoms with Crippen LogP contribution in [0.4, 0.5) is 0 Å². The van der Waals surface area contributed by atoms with Gasteiger partial charge in [-0.15, -0.1) is 0 Å². The van der Waals surface area contributed by atoms with Crippen LogP contribution in [0, 0.1) is 0 Å². The molecule has 5 N–H and O–H groups in total. The zero-order chi connectivity index (χ0) is 44.5. The summed E-state index contributed by atoms with van der Waals surface area (Å²) < 4.78 is 0. The van der Waals surface area contributed by atoms with E-state index >= 15 is 0 Å². The molecule has 360 valence electrons. The molecule has 0 aromatic carbocycles. The van der Waals surface area contributed by atoms with Crippen LogP contribution in [0.15, 0.2) is 0 Å². The molecule has 0 aromatic heterocycles. The van der Waals surface area contributed by atoms with Gasteiger partial charge in [-0.2, -0.15) is 0 Å². The Hall–Kier alpha value is -2.16. The van der Waals surface area contributed by atoms with E-state index in [4.69, 9.17) is 0 Å². The molecular weight excluding hydrogens is 761 g/mol. The van der Waals surface area contributed by atoms with Gasteiger partial charge in [-0.25, -0.2) is 0 Å². The predicted octanol–water partition coefficient (Wildman–Crippen LogP) is 12.8. The van der Waals surface area contributed by atoms with Crippen molar-refractivity contribution in [1.29, 1.82) is 0 Å². The number of rotatable bonds is 49. The molecule has 1 unspecified atom stereocenters. The average molecular weight is 863 g/mol. The summed E-state index contributed by atoms with van der Waals surface area (Å²) in [6.07, 6.45) is 46.7. The van der Waals surface area contributed by atoms with E-state index in [1.807, 2.05) is 0 Å². The molecule has 0 aromatic rings. The minimum absolute atomic E-state index is 0.150. The van der Waals surface area contributed by atoms with E-state index in [1.165, 1.54) is 167 Å². The van der Waals surface area contributed by atoms with Gasteiger partial charge in [0.05, 0.1) is 6.42 Å². The Bertz CT molecular complexity index is 979. The molecule has 0 aliphatic carbocycles. The van der Waals surface area contributed by atoms with Gasteiger partial charge in [-0.05, 0) is 38.5 Å². The summed E-state index contributed by atoms with van der Waals surface area (Å²) in [7, 11) is 0. The van der Waals surface area contributed by atoms with Crippen LogP contribution in [0.25, 0.3) is 0 Å². The number of aliphatic hydroxyl groups is 1. The Labute approximate surface area is 377 Å².